The van der Waals surface area contributed by atoms with E-state index in [-0.39, 0.29) is 12.5 Å². The maximum absolute atomic E-state index is 11.1. The van der Waals surface area contributed by atoms with Crippen LogP contribution in [0.4, 0.5) is 5.69 Å². The zero-order valence-electron chi connectivity index (χ0n) is 9.52. The number of carbonyl (C=O) groups is 1. The molecule has 1 N–H and O–H groups in total. The summed E-state index contributed by atoms with van der Waals surface area (Å²) < 4.78 is 9.46. The van der Waals surface area contributed by atoms with Crippen molar-refractivity contribution < 1.29 is 13.9 Å². The van der Waals surface area contributed by atoms with E-state index < -0.39 is 5.76 Å². The van der Waals surface area contributed by atoms with Gasteiger partial charge in [0.05, 0.1) is 12.6 Å². The minimum Gasteiger partial charge on any atom is -0.468 e. The molecule has 0 fully saturated rings. The molecule has 90 valence electrons. The molecule has 1 heterocycles. The van der Waals surface area contributed by atoms with Crippen molar-refractivity contribution in [1.29, 1.82) is 0 Å². The summed E-state index contributed by atoms with van der Waals surface area (Å²) in [6.45, 7) is 0.143. The van der Waals surface area contributed by atoms with Crippen LogP contribution in [0.3, 0.4) is 0 Å². The summed E-state index contributed by atoms with van der Waals surface area (Å²) in [5, 5.41) is 0. The van der Waals surface area contributed by atoms with E-state index in [1.807, 2.05) is 0 Å². The van der Waals surface area contributed by atoms with Crippen LogP contribution in [0.2, 0.25) is 0 Å². The summed E-state index contributed by atoms with van der Waals surface area (Å²) in [6.07, 6.45) is 0. The van der Waals surface area contributed by atoms with E-state index in [4.69, 9.17) is 4.42 Å². The fourth-order valence-electron chi connectivity index (χ4n) is 1.53. The summed E-state index contributed by atoms with van der Waals surface area (Å²) >= 11 is 0. The highest BCUT2D eigenvalue weighted by Crippen LogP contribution is 2.18. The topological polar surface area (TPSA) is 75.5 Å². The smallest absolute Gasteiger partial charge is 0.417 e. The lowest BCUT2D eigenvalue weighted by Gasteiger charge is -2.17. The molecule has 0 spiro atoms. The van der Waals surface area contributed by atoms with Gasteiger partial charge in [-0.2, -0.15) is 0 Å². The molecule has 0 atom stereocenters. The quantitative estimate of drug-likeness (QED) is 0.795. The molecule has 0 aliphatic carbocycles. The Morgan fingerprint density at radius 2 is 2.29 bits per heavy atom. The van der Waals surface area contributed by atoms with Crippen LogP contribution in [0, 0.1) is 0 Å². The number of benzene rings is 1. The predicted molar refractivity (Wildman–Crippen MR) is 62.1 cm³/mol. The number of hydrogen-bond acceptors (Lipinski definition) is 5. The van der Waals surface area contributed by atoms with E-state index in [0.717, 1.165) is 5.69 Å². The second-order valence-electron chi connectivity index (χ2n) is 3.63. The number of likely N-dealkylation sites (N-methyl/N-ethyl adjacent to an activating group) is 1. The van der Waals surface area contributed by atoms with E-state index >= 15 is 0 Å². The molecule has 6 heteroatoms. The van der Waals surface area contributed by atoms with E-state index in [2.05, 4.69) is 9.72 Å². The van der Waals surface area contributed by atoms with E-state index in [0.29, 0.717) is 11.1 Å². The lowest BCUT2D eigenvalue weighted by molar-refractivity contribution is -0.138. The molecular weight excluding hydrogens is 224 g/mol. The van der Waals surface area contributed by atoms with Crippen molar-refractivity contribution in [2.24, 2.45) is 0 Å². The van der Waals surface area contributed by atoms with Crippen LogP contribution in [-0.4, -0.2) is 31.7 Å². The summed E-state index contributed by atoms with van der Waals surface area (Å²) in [5.41, 5.74) is 1.88. The number of fused-ring (bicyclic) bond motifs is 1. The van der Waals surface area contributed by atoms with Crippen molar-refractivity contribution >= 4 is 22.8 Å². The van der Waals surface area contributed by atoms with Gasteiger partial charge in [-0.05, 0) is 18.2 Å². The summed E-state index contributed by atoms with van der Waals surface area (Å²) in [7, 11) is 3.10. The van der Waals surface area contributed by atoms with Crippen LogP contribution in [0.25, 0.3) is 11.1 Å². The SMILES string of the molecule is COC(=O)CN(C)c1ccc2oc(=O)[nH]c2c1. The number of nitrogens with one attached hydrogen (secondary N) is 1. The van der Waals surface area contributed by atoms with Gasteiger partial charge in [0.15, 0.2) is 5.58 Å². The molecule has 0 bridgehead atoms. The molecule has 1 aromatic heterocycles. The van der Waals surface area contributed by atoms with Gasteiger partial charge in [-0.3, -0.25) is 9.78 Å². The first-order valence-corrected chi connectivity index (χ1v) is 5.01. The number of anilines is 1. The third-order valence-electron chi connectivity index (χ3n) is 2.44. The number of aromatic amines is 1. The first-order chi connectivity index (χ1) is 8.10. The van der Waals surface area contributed by atoms with E-state index in [9.17, 15) is 9.59 Å². The molecule has 2 aromatic rings. The number of rotatable bonds is 3. The van der Waals surface area contributed by atoms with Gasteiger partial charge in [0.25, 0.3) is 0 Å². The fraction of sp³-hybridized carbons (Fsp3) is 0.273. The van der Waals surface area contributed by atoms with Crippen molar-refractivity contribution in [2.45, 2.75) is 0 Å². The molecule has 0 amide bonds. The third-order valence-corrected chi connectivity index (χ3v) is 2.44. The first kappa shape index (κ1) is 11.3. The number of oxazole rings is 1. The number of methoxy groups -OCH3 is 1. The second-order valence-corrected chi connectivity index (χ2v) is 3.63. The Kier molecular flexibility index (Phi) is 2.86. The van der Waals surface area contributed by atoms with Gasteiger partial charge < -0.3 is 14.1 Å². The Labute approximate surface area is 96.8 Å². The Hall–Kier alpha value is -2.24. The monoisotopic (exact) mass is 236 g/mol. The number of nitrogens with zero attached hydrogens (tertiary/aromatic N) is 1. The number of H-pyrrole nitrogens is 1. The summed E-state index contributed by atoms with van der Waals surface area (Å²) in [6, 6.07) is 5.18. The molecule has 2 rings (SSSR count). The number of ether oxygens (including phenoxy) is 1. The molecule has 0 aliphatic rings. The average Bonchev–Trinajstić information content (AvgIpc) is 2.67. The van der Waals surface area contributed by atoms with Gasteiger partial charge >= 0.3 is 11.7 Å². The van der Waals surface area contributed by atoms with Gasteiger partial charge in [-0.25, -0.2) is 4.79 Å². The van der Waals surface area contributed by atoms with Crippen LogP contribution in [0.5, 0.6) is 0 Å². The van der Waals surface area contributed by atoms with Crippen LogP contribution >= 0.6 is 0 Å². The Morgan fingerprint density at radius 3 is 3.00 bits per heavy atom. The average molecular weight is 236 g/mol. The van der Waals surface area contributed by atoms with Crippen molar-refractivity contribution in [3.05, 3.63) is 28.7 Å². The highest BCUT2D eigenvalue weighted by Gasteiger charge is 2.09. The normalized spacial score (nSPS) is 10.5. The summed E-state index contributed by atoms with van der Waals surface area (Å²) in [5.74, 6) is -0.818. The fourth-order valence-corrected chi connectivity index (χ4v) is 1.53. The standard InChI is InChI=1S/C11H12N2O4/c1-13(6-10(14)16-2)7-3-4-9-8(5-7)12-11(15)17-9/h3-5H,6H2,1-2H3,(H,12,15). The van der Waals surface area contributed by atoms with Crippen LogP contribution in [-0.2, 0) is 9.53 Å². The molecule has 0 unspecified atom stereocenters. The number of carbonyl (C=O) groups excluding carboxylic acids is 1. The highest BCUT2D eigenvalue weighted by atomic mass is 16.5. The minimum atomic E-state index is -0.493. The first-order valence-electron chi connectivity index (χ1n) is 5.01. The number of esters is 1. The van der Waals surface area contributed by atoms with Gasteiger partial charge in [0.1, 0.15) is 6.54 Å². The van der Waals surface area contributed by atoms with Gasteiger partial charge in [-0.15, -0.1) is 0 Å². The summed E-state index contributed by atoms with van der Waals surface area (Å²) in [4.78, 5) is 26.4. The lowest BCUT2D eigenvalue weighted by Crippen LogP contribution is -2.26. The minimum absolute atomic E-state index is 0.143. The molecule has 17 heavy (non-hydrogen) atoms. The Bertz CT molecular complexity index is 599. The van der Waals surface area contributed by atoms with E-state index in [1.54, 1.807) is 30.1 Å². The van der Waals surface area contributed by atoms with Crippen LogP contribution < -0.4 is 10.7 Å². The Balaban J connectivity index is 2.29. The van der Waals surface area contributed by atoms with Gasteiger partial charge in [-0.1, -0.05) is 0 Å². The van der Waals surface area contributed by atoms with Crippen molar-refractivity contribution in [2.75, 3.05) is 25.6 Å². The van der Waals surface area contributed by atoms with Gasteiger partial charge in [0, 0.05) is 12.7 Å². The number of hydrogen-bond donors (Lipinski definition) is 1. The molecule has 6 nitrogen and oxygen atoms in total. The van der Waals surface area contributed by atoms with Crippen LogP contribution in [0.1, 0.15) is 0 Å². The molecule has 0 aliphatic heterocycles. The molecule has 0 radical (unpaired) electrons. The molecule has 0 saturated carbocycles. The third kappa shape index (κ3) is 2.30. The molecular formula is C11H12N2O4. The van der Waals surface area contributed by atoms with Crippen molar-refractivity contribution in [1.82, 2.24) is 4.98 Å². The molecule has 1 aromatic carbocycles. The second kappa shape index (κ2) is 4.32. The maximum Gasteiger partial charge on any atom is 0.417 e. The largest absolute Gasteiger partial charge is 0.468 e. The van der Waals surface area contributed by atoms with Crippen LogP contribution in [0.15, 0.2) is 27.4 Å². The predicted octanol–water partition coefficient (Wildman–Crippen LogP) is 0.730. The number of aromatic nitrogens is 1. The van der Waals surface area contributed by atoms with Crippen molar-refractivity contribution in [3.8, 4) is 0 Å². The lowest BCUT2D eigenvalue weighted by atomic mass is 10.2. The molecule has 0 saturated heterocycles. The Morgan fingerprint density at radius 1 is 1.53 bits per heavy atom. The zero-order valence-corrected chi connectivity index (χ0v) is 9.52. The van der Waals surface area contributed by atoms with E-state index in [1.165, 1.54) is 7.11 Å². The maximum atomic E-state index is 11.1. The van der Waals surface area contributed by atoms with Gasteiger partial charge in [0.2, 0.25) is 0 Å². The zero-order chi connectivity index (χ0) is 12.4. The highest BCUT2D eigenvalue weighted by molar-refractivity contribution is 5.80. The van der Waals surface area contributed by atoms with Crippen molar-refractivity contribution in [3.63, 3.8) is 0 Å².